The average molecular weight is 416 g/mol. The van der Waals surface area contributed by atoms with Crippen LogP contribution < -0.4 is 5.32 Å². The van der Waals surface area contributed by atoms with Gasteiger partial charge in [0.2, 0.25) is 0 Å². The number of nitrogens with one attached hydrogen (secondary N) is 1. The smallest absolute Gasteiger partial charge is 0.317 e. The topological polar surface area (TPSA) is 55.8 Å². The SMILES string of the molecule is CC[C@@H]1CN(C(=O)NCCc2cccs2)[C@H](CO)[C@@H]1CN1CCC(F)(F)CC1. The summed E-state index contributed by atoms with van der Waals surface area (Å²) >= 11 is 1.67. The number of hydrogen-bond acceptors (Lipinski definition) is 4. The highest BCUT2D eigenvalue weighted by atomic mass is 32.1. The number of nitrogens with zero attached hydrogens (tertiary/aromatic N) is 2. The molecule has 0 aromatic carbocycles. The van der Waals surface area contributed by atoms with Crippen LogP contribution in [0.3, 0.4) is 0 Å². The van der Waals surface area contributed by atoms with Gasteiger partial charge in [-0.3, -0.25) is 0 Å². The van der Waals surface area contributed by atoms with Crippen LogP contribution in [0.4, 0.5) is 13.6 Å². The van der Waals surface area contributed by atoms with Crippen molar-refractivity contribution < 1.29 is 18.7 Å². The molecule has 2 aliphatic rings. The number of likely N-dealkylation sites (tertiary alicyclic amines) is 2. The maximum Gasteiger partial charge on any atom is 0.317 e. The van der Waals surface area contributed by atoms with E-state index < -0.39 is 5.92 Å². The minimum Gasteiger partial charge on any atom is -0.394 e. The van der Waals surface area contributed by atoms with Crippen LogP contribution in [0.25, 0.3) is 0 Å². The number of thiophene rings is 1. The first-order chi connectivity index (χ1) is 13.4. The van der Waals surface area contributed by atoms with E-state index in [2.05, 4.69) is 23.2 Å². The number of halogens is 2. The van der Waals surface area contributed by atoms with Crippen molar-refractivity contribution in [3.63, 3.8) is 0 Å². The second-order valence-corrected chi connectivity index (χ2v) is 8.98. The lowest BCUT2D eigenvalue weighted by atomic mass is 9.88. The van der Waals surface area contributed by atoms with Gasteiger partial charge in [0.1, 0.15) is 0 Å². The van der Waals surface area contributed by atoms with Gasteiger partial charge in [0.05, 0.1) is 12.6 Å². The van der Waals surface area contributed by atoms with Gasteiger partial charge in [-0.2, -0.15) is 0 Å². The molecular formula is C20H31F2N3O2S. The van der Waals surface area contributed by atoms with Gasteiger partial charge in [0.15, 0.2) is 0 Å². The van der Waals surface area contributed by atoms with Gasteiger partial charge in [0, 0.05) is 50.4 Å². The van der Waals surface area contributed by atoms with Gasteiger partial charge in [-0.25, -0.2) is 13.6 Å². The van der Waals surface area contributed by atoms with Crippen molar-refractivity contribution in [3.8, 4) is 0 Å². The summed E-state index contributed by atoms with van der Waals surface area (Å²) in [5.74, 6) is -2.16. The van der Waals surface area contributed by atoms with E-state index in [9.17, 15) is 18.7 Å². The van der Waals surface area contributed by atoms with E-state index in [-0.39, 0.29) is 43.4 Å². The number of rotatable bonds is 7. The summed E-state index contributed by atoms with van der Waals surface area (Å²) in [6.07, 6.45) is 1.49. The van der Waals surface area contributed by atoms with Crippen molar-refractivity contribution in [1.82, 2.24) is 15.1 Å². The molecule has 0 radical (unpaired) electrons. The van der Waals surface area contributed by atoms with E-state index in [1.54, 1.807) is 16.2 Å². The summed E-state index contributed by atoms with van der Waals surface area (Å²) in [6.45, 7) is 4.60. The van der Waals surface area contributed by atoms with Gasteiger partial charge >= 0.3 is 6.03 Å². The minimum absolute atomic E-state index is 0.0937. The highest BCUT2D eigenvalue weighted by molar-refractivity contribution is 7.09. The van der Waals surface area contributed by atoms with E-state index in [1.165, 1.54) is 4.88 Å². The van der Waals surface area contributed by atoms with Gasteiger partial charge < -0.3 is 20.2 Å². The molecule has 3 atom stereocenters. The molecule has 2 aliphatic heterocycles. The molecule has 0 spiro atoms. The van der Waals surface area contributed by atoms with Crippen LogP contribution in [0.5, 0.6) is 0 Å². The van der Waals surface area contributed by atoms with Crippen LogP contribution in [0.15, 0.2) is 17.5 Å². The second kappa shape index (κ2) is 9.50. The number of aliphatic hydroxyl groups excluding tert-OH is 1. The van der Waals surface area contributed by atoms with Gasteiger partial charge in [-0.1, -0.05) is 19.4 Å². The molecule has 28 heavy (non-hydrogen) atoms. The first kappa shape index (κ1) is 21.5. The number of piperidine rings is 1. The largest absolute Gasteiger partial charge is 0.394 e. The standard InChI is InChI=1S/C20H31F2N3O2S/c1-2-15-12-25(19(27)23-8-5-16-4-3-11-28-16)18(14-26)17(15)13-24-9-6-20(21,22)7-10-24/h3-4,11,15,17-18,26H,2,5-10,12-14H2,1H3,(H,23,27)/t15-,17-,18-/m1/s1. The fourth-order valence-corrected chi connectivity index (χ4v) is 5.16. The van der Waals surface area contributed by atoms with Crippen LogP contribution in [-0.4, -0.2) is 72.2 Å². The van der Waals surface area contributed by atoms with Crippen molar-refractivity contribution in [2.75, 3.05) is 39.3 Å². The number of carbonyl (C=O) groups excluding carboxylic acids is 1. The number of carbonyl (C=O) groups is 1. The predicted molar refractivity (Wildman–Crippen MR) is 107 cm³/mol. The van der Waals surface area contributed by atoms with E-state index >= 15 is 0 Å². The molecule has 1 aromatic heterocycles. The Hall–Kier alpha value is -1.25. The normalized spacial score (nSPS) is 27.9. The zero-order valence-corrected chi connectivity index (χ0v) is 17.3. The van der Waals surface area contributed by atoms with Crippen LogP contribution in [-0.2, 0) is 6.42 Å². The van der Waals surface area contributed by atoms with Gasteiger partial charge in [0.25, 0.3) is 5.92 Å². The molecule has 2 N–H and O–H groups in total. The number of amides is 2. The Bertz CT molecular complexity index is 619. The molecule has 2 saturated heterocycles. The Kier molecular flexibility index (Phi) is 7.28. The number of aliphatic hydroxyl groups is 1. The summed E-state index contributed by atoms with van der Waals surface area (Å²) in [5.41, 5.74) is 0. The molecule has 158 valence electrons. The molecule has 0 bridgehead atoms. The summed E-state index contributed by atoms with van der Waals surface area (Å²) in [7, 11) is 0. The van der Waals surface area contributed by atoms with E-state index in [0.29, 0.717) is 32.7 Å². The monoisotopic (exact) mass is 415 g/mol. The summed E-state index contributed by atoms with van der Waals surface area (Å²) < 4.78 is 26.9. The van der Waals surface area contributed by atoms with Crippen molar-refractivity contribution >= 4 is 17.4 Å². The van der Waals surface area contributed by atoms with Crippen LogP contribution in [0.1, 0.15) is 31.1 Å². The van der Waals surface area contributed by atoms with Gasteiger partial charge in [-0.05, 0) is 29.7 Å². The van der Waals surface area contributed by atoms with Gasteiger partial charge in [-0.15, -0.1) is 11.3 Å². The van der Waals surface area contributed by atoms with Crippen molar-refractivity contribution in [1.29, 1.82) is 0 Å². The second-order valence-electron chi connectivity index (χ2n) is 7.95. The molecule has 3 heterocycles. The zero-order chi connectivity index (χ0) is 20.1. The lowest BCUT2D eigenvalue weighted by Gasteiger charge is -2.36. The number of urea groups is 1. The molecule has 2 fully saturated rings. The molecule has 3 rings (SSSR count). The van der Waals surface area contributed by atoms with Crippen molar-refractivity contribution in [2.24, 2.45) is 11.8 Å². The lowest BCUT2D eigenvalue weighted by Crippen LogP contribution is -2.49. The first-order valence-corrected chi connectivity index (χ1v) is 11.1. The summed E-state index contributed by atoms with van der Waals surface area (Å²) in [6, 6.07) is 3.65. The fourth-order valence-electron chi connectivity index (χ4n) is 4.45. The van der Waals surface area contributed by atoms with Crippen LogP contribution >= 0.6 is 11.3 Å². The van der Waals surface area contributed by atoms with Crippen molar-refractivity contribution in [3.05, 3.63) is 22.4 Å². The maximum absolute atomic E-state index is 13.4. The Morgan fingerprint density at radius 2 is 2.14 bits per heavy atom. The van der Waals surface area contributed by atoms with E-state index in [1.807, 2.05) is 11.4 Å². The Morgan fingerprint density at radius 1 is 1.39 bits per heavy atom. The van der Waals surface area contributed by atoms with E-state index in [0.717, 1.165) is 12.8 Å². The Labute approximate surface area is 169 Å². The Morgan fingerprint density at radius 3 is 2.75 bits per heavy atom. The number of alkyl halides is 2. The first-order valence-electron chi connectivity index (χ1n) is 10.2. The number of hydrogen-bond donors (Lipinski definition) is 2. The molecule has 5 nitrogen and oxygen atoms in total. The molecule has 1 aromatic rings. The highest BCUT2D eigenvalue weighted by Gasteiger charge is 2.44. The predicted octanol–water partition coefficient (Wildman–Crippen LogP) is 3.05. The highest BCUT2D eigenvalue weighted by Crippen LogP contribution is 2.35. The lowest BCUT2D eigenvalue weighted by molar-refractivity contribution is -0.0591. The van der Waals surface area contributed by atoms with Crippen LogP contribution in [0, 0.1) is 11.8 Å². The molecule has 0 saturated carbocycles. The molecule has 8 heteroatoms. The summed E-state index contributed by atoms with van der Waals surface area (Å²) in [4.78, 5) is 17.8. The fraction of sp³-hybridized carbons (Fsp3) is 0.750. The zero-order valence-electron chi connectivity index (χ0n) is 16.4. The van der Waals surface area contributed by atoms with E-state index in [4.69, 9.17) is 0 Å². The Balaban J connectivity index is 1.56. The maximum atomic E-state index is 13.4. The minimum atomic E-state index is -2.55. The molecule has 0 unspecified atom stereocenters. The third-order valence-corrected chi connectivity index (χ3v) is 7.12. The third-order valence-electron chi connectivity index (χ3n) is 6.19. The molecular weight excluding hydrogens is 384 g/mol. The average Bonchev–Trinajstić information content (AvgIpc) is 3.30. The van der Waals surface area contributed by atoms with Crippen molar-refractivity contribution in [2.45, 2.75) is 44.6 Å². The van der Waals surface area contributed by atoms with Crippen LogP contribution in [0.2, 0.25) is 0 Å². The quantitative estimate of drug-likeness (QED) is 0.720. The molecule has 0 aliphatic carbocycles. The molecule has 2 amide bonds. The third kappa shape index (κ3) is 5.21. The summed E-state index contributed by atoms with van der Waals surface area (Å²) in [5, 5.41) is 15.0.